The minimum atomic E-state index is 0.128. The maximum atomic E-state index is 12.7. The first-order chi connectivity index (χ1) is 11.2. The molecule has 2 saturated heterocycles. The predicted octanol–water partition coefficient (Wildman–Crippen LogP) is 3.79. The van der Waals surface area contributed by atoms with Crippen molar-refractivity contribution in [2.45, 2.75) is 25.7 Å². The summed E-state index contributed by atoms with van der Waals surface area (Å²) >= 11 is 7.72. The van der Waals surface area contributed by atoms with Crippen molar-refractivity contribution in [1.82, 2.24) is 9.88 Å². The molecule has 0 bridgehead atoms. The topological polar surface area (TPSA) is 36.4 Å². The van der Waals surface area contributed by atoms with Crippen LogP contribution in [0.1, 0.15) is 25.7 Å². The standard InChI is InChI=1S/C17H20ClN3OS/c18-13-4-5-14-15(10-13)23-17(19-14)21-9-6-12(11-21)16(22)20-7-2-1-3-8-20/h4-5,10,12H,1-3,6-9,11H2. The molecule has 1 unspecified atom stereocenters. The number of benzene rings is 1. The fourth-order valence-electron chi connectivity index (χ4n) is 3.53. The Morgan fingerprint density at radius 3 is 2.87 bits per heavy atom. The molecule has 2 aliphatic heterocycles. The third-order valence-electron chi connectivity index (χ3n) is 4.81. The molecule has 3 heterocycles. The van der Waals surface area contributed by atoms with Crippen LogP contribution in [0.3, 0.4) is 0 Å². The van der Waals surface area contributed by atoms with Crippen molar-refractivity contribution >= 4 is 44.2 Å². The number of hydrogen-bond acceptors (Lipinski definition) is 4. The first kappa shape index (κ1) is 15.2. The lowest BCUT2D eigenvalue weighted by Crippen LogP contribution is -2.40. The maximum absolute atomic E-state index is 12.7. The van der Waals surface area contributed by atoms with Crippen molar-refractivity contribution in [3.8, 4) is 0 Å². The van der Waals surface area contributed by atoms with E-state index in [1.165, 1.54) is 6.42 Å². The van der Waals surface area contributed by atoms with Crippen molar-refractivity contribution in [3.05, 3.63) is 23.2 Å². The van der Waals surface area contributed by atoms with Crippen LogP contribution in [0.5, 0.6) is 0 Å². The highest BCUT2D eigenvalue weighted by atomic mass is 35.5. The van der Waals surface area contributed by atoms with Crippen molar-refractivity contribution < 1.29 is 4.79 Å². The third kappa shape index (κ3) is 3.04. The number of fused-ring (bicyclic) bond motifs is 1. The number of nitrogens with zero attached hydrogens (tertiary/aromatic N) is 3. The van der Waals surface area contributed by atoms with Gasteiger partial charge in [0.1, 0.15) is 0 Å². The minimum Gasteiger partial charge on any atom is -0.347 e. The number of piperidine rings is 1. The highest BCUT2D eigenvalue weighted by Gasteiger charge is 2.33. The van der Waals surface area contributed by atoms with Crippen LogP contribution in [-0.4, -0.2) is 42.0 Å². The summed E-state index contributed by atoms with van der Waals surface area (Å²) in [6.45, 7) is 3.59. The maximum Gasteiger partial charge on any atom is 0.227 e. The molecule has 1 aromatic heterocycles. The Hall–Kier alpha value is -1.33. The monoisotopic (exact) mass is 349 g/mol. The van der Waals surface area contributed by atoms with Crippen LogP contribution in [0.2, 0.25) is 5.02 Å². The fraction of sp³-hybridized carbons (Fsp3) is 0.529. The number of rotatable bonds is 2. The van der Waals surface area contributed by atoms with Crippen molar-refractivity contribution in [2.24, 2.45) is 5.92 Å². The van der Waals surface area contributed by atoms with Gasteiger partial charge < -0.3 is 9.80 Å². The summed E-state index contributed by atoms with van der Waals surface area (Å²) in [5, 5.41) is 1.75. The van der Waals surface area contributed by atoms with Crippen LogP contribution in [0.4, 0.5) is 5.13 Å². The zero-order chi connectivity index (χ0) is 15.8. The normalized spacial score (nSPS) is 22.0. The zero-order valence-corrected chi connectivity index (χ0v) is 14.6. The second-order valence-electron chi connectivity index (χ2n) is 6.43. The van der Waals surface area contributed by atoms with Gasteiger partial charge in [0.2, 0.25) is 5.91 Å². The third-order valence-corrected chi connectivity index (χ3v) is 6.13. The molecule has 23 heavy (non-hydrogen) atoms. The molecule has 2 fully saturated rings. The summed E-state index contributed by atoms with van der Waals surface area (Å²) in [4.78, 5) is 21.7. The lowest BCUT2D eigenvalue weighted by Gasteiger charge is -2.29. The number of anilines is 1. The predicted molar refractivity (Wildman–Crippen MR) is 95.4 cm³/mol. The molecule has 1 atom stereocenters. The molecule has 4 rings (SSSR count). The van der Waals surface area contributed by atoms with E-state index in [-0.39, 0.29) is 5.92 Å². The number of aromatic nitrogens is 1. The van der Waals surface area contributed by atoms with E-state index in [1.54, 1.807) is 11.3 Å². The Kier molecular flexibility index (Phi) is 4.16. The number of carbonyl (C=O) groups excluding carboxylic acids is 1. The average molecular weight is 350 g/mol. The van der Waals surface area contributed by atoms with Crippen LogP contribution >= 0.6 is 22.9 Å². The van der Waals surface area contributed by atoms with Gasteiger partial charge in [0, 0.05) is 31.2 Å². The molecule has 6 heteroatoms. The average Bonchev–Trinajstić information content (AvgIpc) is 3.21. The Balaban J connectivity index is 1.47. The molecule has 0 aliphatic carbocycles. The molecule has 122 valence electrons. The van der Waals surface area contributed by atoms with Crippen LogP contribution in [0.25, 0.3) is 10.2 Å². The summed E-state index contributed by atoms with van der Waals surface area (Å²) in [6.07, 6.45) is 4.50. The molecule has 0 radical (unpaired) electrons. The lowest BCUT2D eigenvalue weighted by atomic mass is 10.0. The molecule has 0 saturated carbocycles. The molecule has 4 nitrogen and oxygen atoms in total. The molecule has 1 aromatic carbocycles. The Bertz CT molecular complexity index is 726. The van der Waals surface area contributed by atoms with E-state index in [0.717, 1.165) is 65.8 Å². The van der Waals surface area contributed by atoms with Crippen LogP contribution in [-0.2, 0) is 4.79 Å². The smallest absolute Gasteiger partial charge is 0.227 e. The summed E-state index contributed by atoms with van der Waals surface area (Å²) in [6, 6.07) is 5.80. The van der Waals surface area contributed by atoms with Crippen LogP contribution < -0.4 is 4.90 Å². The number of halogens is 1. The van der Waals surface area contributed by atoms with Gasteiger partial charge in [0.05, 0.1) is 16.1 Å². The van der Waals surface area contributed by atoms with Gasteiger partial charge in [-0.25, -0.2) is 4.98 Å². The van der Waals surface area contributed by atoms with E-state index in [2.05, 4.69) is 9.80 Å². The quantitative estimate of drug-likeness (QED) is 0.827. The van der Waals surface area contributed by atoms with Gasteiger partial charge in [0.25, 0.3) is 0 Å². The van der Waals surface area contributed by atoms with Gasteiger partial charge in [-0.2, -0.15) is 0 Å². The number of amides is 1. The molecular weight excluding hydrogens is 330 g/mol. The van der Waals surface area contributed by atoms with Crippen molar-refractivity contribution in [1.29, 1.82) is 0 Å². The molecule has 2 aliphatic rings. The molecule has 0 spiro atoms. The van der Waals surface area contributed by atoms with E-state index in [9.17, 15) is 4.79 Å². The van der Waals surface area contributed by atoms with Gasteiger partial charge in [-0.3, -0.25) is 4.79 Å². The van der Waals surface area contributed by atoms with Crippen molar-refractivity contribution in [2.75, 3.05) is 31.1 Å². The molecule has 1 amide bonds. The van der Waals surface area contributed by atoms with Crippen LogP contribution in [0.15, 0.2) is 18.2 Å². The number of likely N-dealkylation sites (tertiary alicyclic amines) is 1. The van der Waals surface area contributed by atoms with Gasteiger partial charge in [-0.05, 0) is 43.9 Å². The van der Waals surface area contributed by atoms with E-state index in [0.29, 0.717) is 5.91 Å². The van der Waals surface area contributed by atoms with E-state index in [1.807, 2.05) is 18.2 Å². The van der Waals surface area contributed by atoms with Crippen molar-refractivity contribution in [3.63, 3.8) is 0 Å². The summed E-state index contributed by atoms with van der Waals surface area (Å²) < 4.78 is 1.11. The SMILES string of the molecule is O=C(C1CCN(c2nc3ccc(Cl)cc3s2)C1)N1CCCCC1. The highest BCUT2D eigenvalue weighted by molar-refractivity contribution is 7.22. The summed E-state index contributed by atoms with van der Waals surface area (Å²) in [7, 11) is 0. The first-order valence-corrected chi connectivity index (χ1v) is 9.50. The molecule has 0 N–H and O–H groups in total. The first-order valence-electron chi connectivity index (χ1n) is 8.30. The molecule has 2 aromatic rings. The largest absolute Gasteiger partial charge is 0.347 e. The lowest BCUT2D eigenvalue weighted by molar-refractivity contribution is -0.135. The second kappa shape index (κ2) is 6.29. The number of thiazole rings is 1. The van der Waals surface area contributed by atoms with Gasteiger partial charge in [-0.15, -0.1) is 0 Å². The van der Waals surface area contributed by atoms with Crippen LogP contribution in [0, 0.1) is 5.92 Å². The van der Waals surface area contributed by atoms with E-state index in [4.69, 9.17) is 16.6 Å². The number of hydrogen-bond donors (Lipinski definition) is 0. The fourth-order valence-corrected chi connectivity index (χ4v) is 4.81. The Morgan fingerprint density at radius 1 is 1.22 bits per heavy atom. The van der Waals surface area contributed by atoms with E-state index < -0.39 is 0 Å². The summed E-state index contributed by atoms with van der Waals surface area (Å²) in [5.41, 5.74) is 0.986. The van der Waals surface area contributed by atoms with Gasteiger partial charge in [-0.1, -0.05) is 22.9 Å². The Morgan fingerprint density at radius 2 is 2.04 bits per heavy atom. The second-order valence-corrected chi connectivity index (χ2v) is 7.87. The zero-order valence-electron chi connectivity index (χ0n) is 13.0. The molecular formula is C17H20ClN3OS. The van der Waals surface area contributed by atoms with Gasteiger partial charge in [0.15, 0.2) is 5.13 Å². The Labute approximate surface area is 145 Å². The summed E-state index contributed by atoms with van der Waals surface area (Å²) in [5.74, 6) is 0.472. The van der Waals surface area contributed by atoms with Gasteiger partial charge >= 0.3 is 0 Å². The highest BCUT2D eigenvalue weighted by Crippen LogP contribution is 2.34. The minimum absolute atomic E-state index is 0.128. The number of carbonyl (C=O) groups is 1. The van der Waals surface area contributed by atoms with E-state index >= 15 is 0 Å².